The van der Waals surface area contributed by atoms with Gasteiger partial charge in [-0.15, -0.1) is 11.8 Å². The van der Waals surface area contributed by atoms with Crippen molar-refractivity contribution >= 4 is 17.9 Å². The third-order valence-electron chi connectivity index (χ3n) is 3.19. The molecule has 1 aromatic rings. The van der Waals surface area contributed by atoms with Gasteiger partial charge in [-0.1, -0.05) is 0 Å². The number of nitrogens with zero attached hydrogens (tertiary/aromatic N) is 1. The molecule has 1 amide bonds. The van der Waals surface area contributed by atoms with Gasteiger partial charge >= 0.3 is 6.09 Å². The third kappa shape index (κ3) is 3.12. The summed E-state index contributed by atoms with van der Waals surface area (Å²) in [5.74, 6) is 2.47. The number of carbonyl (C=O) groups excluding carboxylic acids is 1. The molecule has 108 valence electrons. The maximum Gasteiger partial charge on any atom is 0.409 e. The van der Waals surface area contributed by atoms with Gasteiger partial charge in [0, 0.05) is 23.6 Å². The minimum Gasteiger partial charge on any atom is -0.490 e. The summed E-state index contributed by atoms with van der Waals surface area (Å²) >= 11 is 1.70. The Morgan fingerprint density at radius 2 is 1.95 bits per heavy atom. The minimum absolute atomic E-state index is 0.204. The van der Waals surface area contributed by atoms with E-state index in [0.717, 1.165) is 28.6 Å². The highest BCUT2D eigenvalue weighted by atomic mass is 32.2. The number of hydrogen-bond donors (Lipinski definition) is 0. The van der Waals surface area contributed by atoms with E-state index in [0.29, 0.717) is 32.9 Å². The zero-order valence-electron chi connectivity index (χ0n) is 11.2. The molecule has 0 bridgehead atoms. The number of rotatable bonds is 4. The van der Waals surface area contributed by atoms with Crippen LogP contribution in [0.3, 0.4) is 0 Å². The number of thioether (sulfide) groups is 1. The van der Waals surface area contributed by atoms with E-state index in [9.17, 15) is 4.79 Å². The van der Waals surface area contributed by atoms with Crippen LogP contribution in [0, 0.1) is 0 Å². The van der Waals surface area contributed by atoms with Crippen molar-refractivity contribution in [3.63, 3.8) is 0 Å². The second-order valence-corrected chi connectivity index (χ2v) is 5.78. The van der Waals surface area contributed by atoms with Gasteiger partial charge in [0.15, 0.2) is 11.5 Å². The molecular formula is C14H17NO4S. The Bertz CT molecular complexity index is 494. The first-order valence-electron chi connectivity index (χ1n) is 6.77. The van der Waals surface area contributed by atoms with Crippen molar-refractivity contribution < 1.29 is 19.0 Å². The predicted octanol–water partition coefficient (Wildman–Crippen LogP) is 2.39. The molecule has 2 aliphatic rings. The Morgan fingerprint density at radius 1 is 1.10 bits per heavy atom. The highest BCUT2D eigenvalue weighted by Gasteiger charge is 2.21. The molecule has 0 aliphatic carbocycles. The Labute approximate surface area is 122 Å². The first kappa shape index (κ1) is 13.4. The summed E-state index contributed by atoms with van der Waals surface area (Å²) in [5, 5.41) is 0. The maximum absolute atomic E-state index is 11.3. The summed E-state index contributed by atoms with van der Waals surface area (Å²) in [4.78, 5) is 14.2. The number of benzene rings is 1. The van der Waals surface area contributed by atoms with E-state index >= 15 is 0 Å². The minimum atomic E-state index is -0.204. The fraction of sp³-hybridized carbons (Fsp3) is 0.500. The summed E-state index contributed by atoms with van der Waals surface area (Å²) in [6.07, 6.45) is 0.707. The van der Waals surface area contributed by atoms with Crippen molar-refractivity contribution in [2.45, 2.75) is 11.3 Å². The Morgan fingerprint density at radius 3 is 2.75 bits per heavy atom. The van der Waals surface area contributed by atoms with Crippen LogP contribution in [0.1, 0.15) is 6.42 Å². The molecule has 0 unspecified atom stereocenters. The first-order valence-corrected chi connectivity index (χ1v) is 7.76. The lowest BCUT2D eigenvalue weighted by Crippen LogP contribution is -2.26. The third-order valence-corrected chi connectivity index (χ3v) is 4.17. The zero-order valence-corrected chi connectivity index (χ0v) is 12.0. The molecule has 1 aromatic carbocycles. The van der Waals surface area contributed by atoms with E-state index in [1.165, 1.54) is 0 Å². The Hall–Kier alpha value is -1.56. The van der Waals surface area contributed by atoms with Crippen LogP contribution in [0.2, 0.25) is 0 Å². The van der Waals surface area contributed by atoms with Gasteiger partial charge in [0.25, 0.3) is 0 Å². The van der Waals surface area contributed by atoms with Gasteiger partial charge in [-0.05, 0) is 18.2 Å². The van der Waals surface area contributed by atoms with Crippen molar-refractivity contribution in [1.29, 1.82) is 0 Å². The lowest BCUT2D eigenvalue weighted by Gasteiger charge is -2.12. The zero-order chi connectivity index (χ0) is 13.8. The lowest BCUT2D eigenvalue weighted by molar-refractivity contribution is 0.160. The van der Waals surface area contributed by atoms with Crippen LogP contribution in [0.25, 0.3) is 0 Å². The molecular weight excluding hydrogens is 278 g/mol. The summed E-state index contributed by atoms with van der Waals surface area (Å²) < 4.78 is 16.2. The number of ether oxygens (including phenoxy) is 3. The molecule has 0 N–H and O–H groups in total. The van der Waals surface area contributed by atoms with E-state index in [1.807, 2.05) is 18.2 Å². The van der Waals surface area contributed by atoms with Gasteiger partial charge in [-0.25, -0.2) is 4.79 Å². The molecule has 0 atom stereocenters. The van der Waals surface area contributed by atoms with Crippen LogP contribution in [-0.2, 0) is 4.74 Å². The van der Waals surface area contributed by atoms with Crippen LogP contribution in [0.15, 0.2) is 23.1 Å². The van der Waals surface area contributed by atoms with Crippen molar-refractivity contribution in [2.24, 2.45) is 0 Å². The van der Waals surface area contributed by atoms with E-state index in [4.69, 9.17) is 14.2 Å². The Balaban J connectivity index is 1.55. The second-order valence-electron chi connectivity index (χ2n) is 4.61. The van der Waals surface area contributed by atoms with E-state index in [2.05, 4.69) is 0 Å². The maximum atomic E-state index is 11.3. The highest BCUT2D eigenvalue weighted by molar-refractivity contribution is 7.99. The molecule has 1 saturated heterocycles. The normalized spacial score (nSPS) is 17.8. The van der Waals surface area contributed by atoms with Gasteiger partial charge < -0.3 is 19.1 Å². The second kappa shape index (κ2) is 6.26. The topological polar surface area (TPSA) is 48.0 Å². The molecule has 6 heteroatoms. The van der Waals surface area contributed by atoms with Crippen LogP contribution >= 0.6 is 11.8 Å². The van der Waals surface area contributed by atoms with Crippen LogP contribution in [0.5, 0.6) is 11.5 Å². The number of amides is 1. The van der Waals surface area contributed by atoms with Gasteiger partial charge in [0.2, 0.25) is 0 Å². The largest absolute Gasteiger partial charge is 0.490 e. The number of hydrogen-bond acceptors (Lipinski definition) is 5. The summed E-state index contributed by atoms with van der Waals surface area (Å²) in [7, 11) is 0. The van der Waals surface area contributed by atoms with Gasteiger partial charge in [0.1, 0.15) is 6.61 Å². The van der Waals surface area contributed by atoms with Crippen molar-refractivity contribution in [1.82, 2.24) is 4.90 Å². The van der Waals surface area contributed by atoms with Crippen LogP contribution < -0.4 is 9.47 Å². The molecule has 1 fully saturated rings. The van der Waals surface area contributed by atoms with Crippen molar-refractivity contribution in [2.75, 3.05) is 38.7 Å². The Kier molecular flexibility index (Phi) is 4.20. The van der Waals surface area contributed by atoms with Gasteiger partial charge in [-0.3, -0.25) is 0 Å². The van der Waals surface area contributed by atoms with Crippen molar-refractivity contribution in [3.8, 4) is 11.5 Å². The standard InChI is InChI=1S/C14H17NO4S/c16-14-15(4-8-19-14)5-9-20-11-2-3-12-13(10-11)18-7-1-6-17-12/h2-3,10H,1,4-9H2. The van der Waals surface area contributed by atoms with Gasteiger partial charge in [0.05, 0.1) is 19.8 Å². The fourth-order valence-electron chi connectivity index (χ4n) is 2.14. The summed E-state index contributed by atoms with van der Waals surface area (Å²) in [6, 6.07) is 5.99. The monoisotopic (exact) mass is 295 g/mol. The molecule has 0 spiro atoms. The molecule has 3 rings (SSSR count). The summed E-state index contributed by atoms with van der Waals surface area (Å²) in [6.45, 7) is 3.31. The smallest absolute Gasteiger partial charge is 0.409 e. The van der Waals surface area contributed by atoms with Crippen LogP contribution in [-0.4, -0.2) is 49.7 Å². The average molecular weight is 295 g/mol. The van der Waals surface area contributed by atoms with E-state index in [-0.39, 0.29) is 6.09 Å². The molecule has 0 radical (unpaired) electrons. The number of carbonyl (C=O) groups is 1. The fourth-order valence-corrected chi connectivity index (χ4v) is 3.04. The molecule has 2 heterocycles. The molecule has 0 aromatic heterocycles. The molecule has 0 saturated carbocycles. The SMILES string of the molecule is O=C1OCCN1CCSc1ccc2c(c1)OCCCO2. The number of fused-ring (bicyclic) bond motifs is 1. The quantitative estimate of drug-likeness (QED) is 0.798. The first-order chi connectivity index (χ1) is 9.83. The lowest BCUT2D eigenvalue weighted by atomic mass is 10.3. The van der Waals surface area contributed by atoms with Crippen LogP contribution in [0.4, 0.5) is 4.79 Å². The van der Waals surface area contributed by atoms with E-state index < -0.39 is 0 Å². The summed E-state index contributed by atoms with van der Waals surface area (Å²) in [5.41, 5.74) is 0. The molecule has 5 nitrogen and oxygen atoms in total. The van der Waals surface area contributed by atoms with E-state index in [1.54, 1.807) is 16.7 Å². The van der Waals surface area contributed by atoms with Gasteiger partial charge in [-0.2, -0.15) is 0 Å². The molecule has 2 aliphatic heterocycles. The van der Waals surface area contributed by atoms with Crippen molar-refractivity contribution in [3.05, 3.63) is 18.2 Å². The average Bonchev–Trinajstić information content (AvgIpc) is 2.73. The highest BCUT2D eigenvalue weighted by Crippen LogP contribution is 2.33. The molecule has 20 heavy (non-hydrogen) atoms. The predicted molar refractivity (Wildman–Crippen MR) is 75.7 cm³/mol. The number of cyclic esters (lactones) is 1.